The second-order valence-corrected chi connectivity index (χ2v) is 7.00. The fraction of sp³-hybridized carbons (Fsp3) is 0.533. The summed E-state index contributed by atoms with van der Waals surface area (Å²) in [5, 5.41) is 3.30. The first-order chi connectivity index (χ1) is 9.58. The second-order valence-electron chi connectivity index (χ2n) is 5.23. The first-order valence-corrected chi connectivity index (χ1v) is 8.67. The van der Waals surface area contributed by atoms with Crippen LogP contribution in [0.15, 0.2) is 27.1 Å². The molecule has 0 aromatic heterocycles. The van der Waals surface area contributed by atoms with Crippen LogP contribution in [0.4, 0.5) is 5.69 Å². The lowest BCUT2D eigenvalue weighted by Crippen LogP contribution is -2.41. The molecular formula is C15H20Br2N2O. The molecule has 110 valence electrons. The van der Waals surface area contributed by atoms with E-state index >= 15 is 0 Å². The average molecular weight is 404 g/mol. The van der Waals surface area contributed by atoms with E-state index in [-0.39, 0.29) is 11.9 Å². The molecule has 1 aromatic carbocycles. The molecule has 1 saturated heterocycles. The van der Waals surface area contributed by atoms with E-state index in [0.29, 0.717) is 0 Å². The molecule has 0 saturated carbocycles. The molecule has 1 fully saturated rings. The minimum Gasteiger partial charge on any atom is -0.373 e. The normalized spacial score (nSPS) is 17.4. The number of nitrogens with one attached hydrogen (secondary N) is 1. The third-order valence-corrected chi connectivity index (χ3v) is 4.77. The van der Waals surface area contributed by atoms with Gasteiger partial charge in [-0.25, -0.2) is 0 Å². The summed E-state index contributed by atoms with van der Waals surface area (Å²) < 4.78 is 1.97. The van der Waals surface area contributed by atoms with E-state index in [1.807, 2.05) is 30.0 Å². The van der Waals surface area contributed by atoms with Crippen molar-refractivity contribution in [1.29, 1.82) is 0 Å². The number of nitrogens with zero attached hydrogens (tertiary/aromatic N) is 1. The van der Waals surface area contributed by atoms with Crippen molar-refractivity contribution in [3.63, 3.8) is 0 Å². The Morgan fingerprint density at radius 1 is 1.20 bits per heavy atom. The first-order valence-electron chi connectivity index (χ1n) is 7.08. The number of rotatable bonds is 3. The molecular weight excluding hydrogens is 384 g/mol. The molecule has 1 atom stereocenters. The zero-order valence-electron chi connectivity index (χ0n) is 11.7. The Hall–Kier alpha value is -0.550. The Kier molecular flexibility index (Phi) is 5.90. The summed E-state index contributed by atoms with van der Waals surface area (Å²) in [4.78, 5) is 14.5. The van der Waals surface area contributed by atoms with Crippen molar-refractivity contribution >= 4 is 43.5 Å². The predicted octanol–water partition coefficient (Wildman–Crippen LogP) is 4.41. The van der Waals surface area contributed by atoms with Crippen LogP contribution < -0.4 is 5.32 Å². The summed E-state index contributed by atoms with van der Waals surface area (Å²) in [6.07, 6.45) is 4.73. The van der Waals surface area contributed by atoms with Gasteiger partial charge in [0.25, 0.3) is 0 Å². The maximum atomic E-state index is 12.5. The Morgan fingerprint density at radius 3 is 2.50 bits per heavy atom. The Balaban J connectivity index is 2.01. The van der Waals surface area contributed by atoms with Crippen LogP contribution in [0.1, 0.15) is 32.6 Å². The predicted molar refractivity (Wildman–Crippen MR) is 90.0 cm³/mol. The van der Waals surface area contributed by atoms with Crippen molar-refractivity contribution in [2.75, 3.05) is 18.4 Å². The molecule has 1 heterocycles. The van der Waals surface area contributed by atoms with Crippen LogP contribution in [0.25, 0.3) is 0 Å². The summed E-state index contributed by atoms with van der Waals surface area (Å²) in [6, 6.07) is 5.71. The van der Waals surface area contributed by atoms with Crippen LogP contribution in [0.2, 0.25) is 0 Å². The molecule has 1 aliphatic heterocycles. The third kappa shape index (κ3) is 4.22. The van der Waals surface area contributed by atoms with Gasteiger partial charge in [-0.2, -0.15) is 0 Å². The first kappa shape index (κ1) is 15.8. The van der Waals surface area contributed by atoms with Gasteiger partial charge in [0.1, 0.15) is 6.04 Å². The summed E-state index contributed by atoms with van der Waals surface area (Å²) in [5.41, 5.74) is 0.940. The van der Waals surface area contributed by atoms with Gasteiger partial charge >= 0.3 is 0 Å². The van der Waals surface area contributed by atoms with E-state index in [1.54, 1.807) is 0 Å². The standard InChI is InChI=1S/C15H20Br2N2O/c1-11(15(20)19-8-4-2-3-5-9-19)18-14-10-12(16)6-7-13(14)17/h6-7,10-11,18H,2-5,8-9H2,1H3. The molecule has 0 radical (unpaired) electrons. The maximum Gasteiger partial charge on any atom is 0.244 e. The van der Waals surface area contributed by atoms with Crippen LogP contribution in [0.3, 0.4) is 0 Å². The van der Waals surface area contributed by atoms with Gasteiger partial charge in [0, 0.05) is 22.0 Å². The molecule has 1 aromatic rings. The summed E-state index contributed by atoms with van der Waals surface area (Å²) >= 11 is 6.96. The zero-order valence-corrected chi connectivity index (χ0v) is 14.8. The van der Waals surface area contributed by atoms with Crippen molar-refractivity contribution in [3.8, 4) is 0 Å². The molecule has 1 amide bonds. The van der Waals surface area contributed by atoms with E-state index < -0.39 is 0 Å². The molecule has 20 heavy (non-hydrogen) atoms. The van der Waals surface area contributed by atoms with Gasteiger partial charge in [-0.1, -0.05) is 28.8 Å². The molecule has 1 unspecified atom stereocenters. The highest BCUT2D eigenvalue weighted by atomic mass is 79.9. The lowest BCUT2D eigenvalue weighted by atomic mass is 10.2. The van der Waals surface area contributed by atoms with Crippen molar-refractivity contribution in [2.24, 2.45) is 0 Å². The van der Waals surface area contributed by atoms with Gasteiger partial charge in [-0.15, -0.1) is 0 Å². The highest BCUT2D eigenvalue weighted by Gasteiger charge is 2.21. The Morgan fingerprint density at radius 2 is 1.85 bits per heavy atom. The highest BCUT2D eigenvalue weighted by molar-refractivity contribution is 9.11. The molecule has 0 spiro atoms. The smallest absolute Gasteiger partial charge is 0.244 e. The van der Waals surface area contributed by atoms with Crippen LogP contribution in [-0.4, -0.2) is 29.9 Å². The SMILES string of the molecule is CC(Nc1cc(Br)ccc1Br)C(=O)N1CCCCCC1. The number of amides is 1. The molecule has 1 N–H and O–H groups in total. The largest absolute Gasteiger partial charge is 0.373 e. The van der Waals surface area contributed by atoms with Gasteiger partial charge in [0.15, 0.2) is 0 Å². The number of anilines is 1. The minimum atomic E-state index is -0.210. The topological polar surface area (TPSA) is 32.3 Å². The quantitative estimate of drug-likeness (QED) is 0.810. The fourth-order valence-electron chi connectivity index (χ4n) is 2.47. The number of carbonyl (C=O) groups excluding carboxylic acids is 1. The third-order valence-electron chi connectivity index (χ3n) is 3.59. The number of benzene rings is 1. The van der Waals surface area contributed by atoms with Crippen LogP contribution in [-0.2, 0) is 4.79 Å². The highest BCUT2D eigenvalue weighted by Crippen LogP contribution is 2.27. The lowest BCUT2D eigenvalue weighted by Gasteiger charge is -2.25. The summed E-state index contributed by atoms with van der Waals surface area (Å²) in [6.45, 7) is 3.72. The van der Waals surface area contributed by atoms with Crippen molar-refractivity contribution in [3.05, 3.63) is 27.1 Å². The van der Waals surface area contributed by atoms with Crippen molar-refractivity contribution in [2.45, 2.75) is 38.6 Å². The maximum absolute atomic E-state index is 12.5. The number of carbonyl (C=O) groups is 1. The van der Waals surface area contributed by atoms with Gasteiger partial charge < -0.3 is 10.2 Å². The van der Waals surface area contributed by atoms with E-state index in [9.17, 15) is 4.79 Å². The summed E-state index contributed by atoms with van der Waals surface area (Å²) in [5.74, 6) is 0.193. The van der Waals surface area contributed by atoms with Crippen LogP contribution >= 0.6 is 31.9 Å². The van der Waals surface area contributed by atoms with Crippen LogP contribution in [0, 0.1) is 0 Å². The molecule has 2 rings (SSSR count). The van der Waals surface area contributed by atoms with E-state index in [1.165, 1.54) is 12.8 Å². The second kappa shape index (κ2) is 7.46. The van der Waals surface area contributed by atoms with E-state index in [2.05, 4.69) is 37.2 Å². The minimum absolute atomic E-state index is 0.193. The molecule has 5 heteroatoms. The molecule has 1 aliphatic rings. The van der Waals surface area contributed by atoms with Gasteiger partial charge in [0.2, 0.25) is 5.91 Å². The number of halogens is 2. The van der Waals surface area contributed by atoms with Crippen molar-refractivity contribution in [1.82, 2.24) is 4.90 Å². The van der Waals surface area contributed by atoms with Crippen molar-refractivity contribution < 1.29 is 4.79 Å². The summed E-state index contributed by atoms with van der Waals surface area (Å²) in [7, 11) is 0. The number of hydrogen-bond donors (Lipinski definition) is 1. The number of likely N-dealkylation sites (tertiary alicyclic amines) is 1. The van der Waals surface area contributed by atoms with Gasteiger partial charge in [0.05, 0.1) is 5.69 Å². The van der Waals surface area contributed by atoms with E-state index in [0.717, 1.165) is 40.6 Å². The number of hydrogen-bond acceptors (Lipinski definition) is 2. The zero-order chi connectivity index (χ0) is 14.5. The lowest BCUT2D eigenvalue weighted by molar-refractivity contribution is -0.131. The Bertz CT molecular complexity index is 471. The Labute approximate surface area is 137 Å². The monoisotopic (exact) mass is 402 g/mol. The average Bonchev–Trinajstić information content (AvgIpc) is 2.71. The molecule has 0 aliphatic carbocycles. The van der Waals surface area contributed by atoms with E-state index in [4.69, 9.17) is 0 Å². The molecule has 3 nitrogen and oxygen atoms in total. The fourth-order valence-corrected chi connectivity index (χ4v) is 3.19. The van der Waals surface area contributed by atoms with Gasteiger partial charge in [-0.3, -0.25) is 4.79 Å². The van der Waals surface area contributed by atoms with Gasteiger partial charge in [-0.05, 0) is 53.9 Å². The van der Waals surface area contributed by atoms with Crippen LogP contribution in [0.5, 0.6) is 0 Å². The molecule has 0 bridgehead atoms.